The average Bonchev–Trinajstić information content (AvgIpc) is 2.43. The van der Waals surface area contributed by atoms with E-state index in [1.165, 1.54) is 11.6 Å². The Kier molecular flexibility index (Phi) is 5.15. The van der Waals surface area contributed by atoms with Crippen LogP contribution in [0.15, 0.2) is 34.7 Å². The molecule has 2 rings (SSSR count). The van der Waals surface area contributed by atoms with Crippen molar-refractivity contribution in [2.45, 2.75) is 17.7 Å². The van der Waals surface area contributed by atoms with Gasteiger partial charge in [0.25, 0.3) is 0 Å². The molecular formula is C13H16ClFN2O2S. The van der Waals surface area contributed by atoms with Gasteiger partial charge in [-0.15, -0.1) is 0 Å². The predicted octanol–water partition coefficient (Wildman–Crippen LogP) is 2.07. The molecule has 1 heterocycles. The summed E-state index contributed by atoms with van der Waals surface area (Å²) in [5, 5.41) is 2.99. The summed E-state index contributed by atoms with van der Waals surface area (Å²) in [6, 6.07) is 3.36. The fourth-order valence-electron chi connectivity index (χ4n) is 1.97. The molecule has 1 aliphatic rings. The highest BCUT2D eigenvalue weighted by atomic mass is 35.5. The molecule has 0 atom stereocenters. The summed E-state index contributed by atoms with van der Waals surface area (Å²) in [7, 11) is -3.64. The molecule has 110 valence electrons. The number of benzene rings is 1. The van der Waals surface area contributed by atoms with Crippen molar-refractivity contribution >= 4 is 21.6 Å². The van der Waals surface area contributed by atoms with E-state index in [1.54, 1.807) is 0 Å². The first-order chi connectivity index (χ1) is 9.49. The fourth-order valence-corrected chi connectivity index (χ4v) is 3.27. The summed E-state index contributed by atoms with van der Waals surface area (Å²) >= 11 is 5.59. The highest BCUT2D eigenvalue weighted by Gasteiger charge is 2.15. The summed E-state index contributed by atoms with van der Waals surface area (Å²) in [6.45, 7) is 2.07. The van der Waals surface area contributed by atoms with Gasteiger partial charge in [-0.3, -0.25) is 0 Å². The van der Waals surface area contributed by atoms with Crippen molar-refractivity contribution in [3.63, 3.8) is 0 Å². The third-order valence-corrected chi connectivity index (χ3v) is 4.85. The molecule has 20 heavy (non-hydrogen) atoms. The third-order valence-electron chi connectivity index (χ3n) is 3.10. The topological polar surface area (TPSA) is 58.2 Å². The highest BCUT2D eigenvalue weighted by Crippen LogP contribution is 2.19. The molecule has 2 N–H and O–H groups in total. The van der Waals surface area contributed by atoms with Crippen LogP contribution in [0.1, 0.15) is 12.8 Å². The quantitative estimate of drug-likeness (QED) is 0.817. The smallest absolute Gasteiger partial charge is 0.240 e. The Morgan fingerprint density at radius 3 is 2.85 bits per heavy atom. The SMILES string of the molecule is O=S(=O)(NCCC1=CCNCC1)c1ccc(F)c(Cl)c1. The van der Waals surface area contributed by atoms with Crippen molar-refractivity contribution in [1.29, 1.82) is 0 Å². The Morgan fingerprint density at radius 2 is 2.20 bits per heavy atom. The van der Waals surface area contributed by atoms with Crippen LogP contribution in [-0.2, 0) is 10.0 Å². The van der Waals surface area contributed by atoms with Crippen LogP contribution >= 0.6 is 11.6 Å². The van der Waals surface area contributed by atoms with E-state index in [1.807, 2.05) is 0 Å². The standard InChI is InChI=1S/C13H16ClFN2O2S/c14-12-9-11(1-2-13(12)15)20(18,19)17-8-5-10-3-6-16-7-4-10/h1-3,9,16-17H,4-8H2. The van der Waals surface area contributed by atoms with E-state index in [4.69, 9.17) is 11.6 Å². The van der Waals surface area contributed by atoms with E-state index in [2.05, 4.69) is 16.1 Å². The minimum absolute atomic E-state index is 0.0248. The second-order valence-corrected chi connectivity index (χ2v) is 6.71. The van der Waals surface area contributed by atoms with Gasteiger partial charge < -0.3 is 5.32 Å². The Labute approximate surface area is 123 Å². The van der Waals surface area contributed by atoms with Crippen LogP contribution in [0.5, 0.6) is 0 Å². The van der Waals surface area contributed by atoms with Crippen LogP contribution in [0.25, 0.3) is 0 Å². The Balaban J connectivity index is 1.96. The zero-order valence-corrected chi connectivity index (χ0v) is 12.4. The van der Waals surface area contributed by atoms with E-state index in [-0.39, 0.29) is 9.92 Å². The first-order valence-corrected chi connectivity index (χ1v) is 8.18. The van der Waals surface area contributed by atoms with Gasteiger partial charge in [0.2, 0.25) is 10.0 Å². The lowest BCUT2D eigenvalue weighted by atomic mass is 10.1. The first-order valence-electron chi connectivity index (χ1n) is 6.32. The lowest BCUT2D eigenvalue weighted by Gasteiger charge is -2.14. The number of hydrogen-bond acceptors (Lipinski definition) is 3. The fraction of sp³-hybridized carbons (Fsp3) is 0.385. The number of halogens is 2. The number of nitrogens with one attached hydrogen (secondary N) is 2. The molecule has 0 aromatic heterocycles. The summed E-state index contributed by atoms with van der Waals surface area (Å²) in [5.41, 5.74) is 1.24. The van der Waals surface area contributed by atoms with E-state index < -0.39 is 15.8 Å². The second kappa shape index (κ2) is 6.67. The lowest BCUT2D eigenvalue weighted by molar-refractivity contribution is 0.579. The Bertz CT molecular complexity index is 617. The van der Waals surface area contributed by atoms with Gasteiger partial charge in [0.05, 0.1) is 9.92 Å². The molecule has 0 aliphatic carbocycles. The average molecular weight is 319 g/mol. The normalized spacial score (nSPS) is 16.0. The zero-order valence-electron chi connectivity index (χ0n) is 10.8. The number of hydrogen-bond donors (Lipinski definition) is 2. The van der Waals surface area contributed by atoms with Crippen LogP contribution in [0, 0.1) is 5.82 Å². The number of rotatable bonds is 5. The molecule has 0 spiro atoms. The van der Waals surface area contributed by atoms with Crippen molar-refractivity contribution in [3.05, 3.63) is 40.7 Å². The van der Waals surface area contributed by atoms with Gasteiger partial charge in [0.1, 0.15) is 5.82 Å². The Hall–Kier alpha value is -0.950. The summed E-state index contributed by atoms with van der Waals surface area (Å²) < 4.78 is 39.5. The Morgan fingerprint density at radius 1 is 1.40 bits per heavy atom. The van der Waals surface area contributed by atoms with Crippen LogP contribution in [0.2, 0.25) is 5.02 Å². The van der Waals surface area contributed by atoms with Gasteiger partial charge >= 0.3 is 0 Å². The van der Waals surface area contributed by atoms with Crippen LogP contribution in [0.4, 0.5) is 4.39 Å². The zero-order chi connectivity index (χ0) is 14.6. The van der Waals surface area contributed by atoms with Crippen molar-refractivity contribution in [2.24, 2.45) is 0 Å². The van der Waals surface area contributed by atoms with Crippen molar-refractivity contribution in [2.75, 3.05) is 19.6 Å². The summed E-state index contributed by atoms with van der Waals surface area (Å²) in [5.74, 6) is -0.634. The third kappa shape index (κ3) is 4.02. The van der Waals surface area contributed by atoms with E-state index in [0.29, 0.717) is 13.0 Å². The van der Waals surface area contributed by atoms with Crippen molar-refractivity contribution < 1.29 is 12.8 Å². The summed E-state index contributed by atoms with van der Waals surface area (Å²) in [4.78, 5) is -0.0248. The van der Waals surface area contributed by atoms with Crippen molar-refractivity contribution in [1.82, 2.24) is 10.0 Å². The maximum atomic E-state index is 13.0. The molecule has 1 aromatic rings. The first kappa shape index (κ1) is 15.4. The summed E-state index contributed by atoms with van der Waals surface area (Å²) in [6.07, 6.45) is 3.69. The van der Waals surface area contributed by atoms with Crippen LogP contribution in [0.3, 0.4) is 0 Å². The minimum atomic E-state index is -3.64. The molecule has 0 saturated heterocycles. The van der Waals surface area contributed by atoms with Crippen LogP contribution < -0.4 is 10.0 Å². The number of sulfonamides is 1. The van der Waals surface area contributed by atoms with Gasteiger partial charge in [-0.1, -0.05) is 23.3 Å². The molecule has 1 aromatic carbocycles. The monoisotopic (exact) mass is 318 g/mol. The maximum absolute atomic E-state index is 13.0. The minimum Gasteiger partial charge on any atom is -0.313 e. The molecule has 4 nitrogen and oxygen atoms in total. The van der Waals surface area contributed by atoms with Gasteiger partial charge in [0.15, 0.2) is 0 Å². The predicted molar refractivity (Wildman–Crippen MR) is 76.8 cm³/mol. The van der Waals surface area contributed by atoms with Gasteiger partial charge in [-0.05, 0) is 37.6 Å². The van der Waals surface area contributed by atoms with Gasteiger partial charge in [-0.2, -0.15) is 0 Å². The van der Waals surface area contributed by atoms with E-state index >= 15 is 0 Å². The molecule has 1 aliphatic heterocycles. The molecule has 0 radical (unpaired) electrons. The second-order valence-electron chi connectivity index (χ2n) is 4.54. The highest BCUT2D eigenvalue weighted by molar-refractivity contribution is 7.89. The molecule has 0 bridgehead atoms. The molecule has 0 unspecified atom stereocenters. The van der Waals surface area contributed by atoms with Crippen molar-refractivity contribution in [3.8, 4) is 0 Å². The molecule has 7 heteroatoms. The van der Waals surface area contributed by atoms with E-state index in [9.17, 15) is 12.8 Å². The largest absolute Gasteiger partial charge is 0.313 e. The molecule has 0 fully saturated rings. The van der Waals surface area contributed by atoms with Crippen LogP contribution in [-0.4, -0.2) is 28.1 Å². The van der Waals surface area contributed by atoms with Gasteiger partial charge in [-0.25, -0.2) is 17.5 Å². The molecular weight excluding hydrogens is 303 g/mol. The lowest BCUT2D eigenvalue weighted by Crippen LogP contribution is -2.26. The molecule has 0 amide bonds. The van der Waals surface area contributed by atoms with Gasteiger partial charge in [0, 0.05) is 13.1 Å². The molecule has 0 saturated carbocycles. The van der Waals surface area contributed by atoms with E-state index in [0.717, 1.165) is 31.6 Å². The maximum Gasteiger partial charge on any atom is 0.240 e.